The number of carbonyl (C=O) groups is 2. The van der Waals surface area contributed by atoms with Crippen LogP contribution in [0.2, 0.25) is 0 Å². The van der Waals surface area contributed by atoms with E-state index in [4.69, 9.17) is 0 Å². The van der Waals surface area contributed by atoms with E-state index in [2.05, 4.69) is 6.58 Å². The summed E-state index contributed by atoms with van der Waals surface area (Å²) in [6.45, 7) is 9.58. The van der Waals surface area contributed by atoms with Crippen molar-refractivity contribution in [2.75, 3.05) is 6.54 Å². The molecule has 0 aromatic heterocycles. The molecule has 0 N–H and O–H groups in total. The van der Waals surface area contributed by atoms with Gasteiger partial charge in [-0.05, 0) is 26.2 Å². The maximum absolute atomic E-state index is 11.6. The molecule has 1 unspecified atom stereocenters. The molecule has 0 saturated carbocycles. The fourth-order valence-electron chi connectivity index (χ4n) is 1.47. The minimum atomic E-state index is -0.145. The molecule has 1 aliphatic rings. The quantitative estimate of drug-likeness (QED) is 0.521. The highest BCUT2D eigenvalue weighted by atomic mass is 16.2. The molecular formula is C12H17NO2. The van der Waals surface area contributed by atoms with Gasteiger partial charge in [0, 0.05) is 17.7 Å². The van der Waals surface area contributed by atoms with Gasteiger partial charge in [-0.2, -0.15) is 0 Å². The summed E-state index contributed by atoms with van der Waals surface area (Å²) in [5.74, 6) is 0.0364. The van der Waals surface area contributed by atoms with Crippen LogP contribution in [0.15, 0.2) is 23.8 Å². The van der Waals surface area contributed by atoms with Crippen LogP contribution in [-0.4, -0.2) is 23.3 Å². The molecule has 15 heavy (non-hydrogen) atoms. The Bertz CT molecular complexity index is 318. The monoisotopic (exact) mass is 207 g/mol. The highest BCUT2D eigenvalue weighted by Crippen LogP contribution is 2.20. The maximum atomic E-state index is 11.6. The Labute approximate surface area is 90.5 Å². The van der Waals surface area contributed by atoms with Crippen molar-refractivity contribution in [3.63, 3.8) is 0 Å². The van der Waals surface area contributed by atoms with Crippen molar-refractivity contribution in [3.8, 4) is 0 Å². The average Bonchev–Trinajstić information content (AvgIpc) is 2.41. The molecule has 2 amide bonds. The van der Waals surface area contributed by atoms with Gasteiger partial charge in [-0.25, -0.2) is 0 Å². The first-order chi connectivity index (χ1) is 6.99. The highest BCUT2D eigenvalue weighted by molar-refractivity contribution is 6.18. The number of allylic oxidation sites excluding steroid dienone is 1. The van der Waals surface area contributed by atoms with Crippen LogP contribution in [0.5, 0.6) is 0 Å². The van der Waals surface area contributed by atoms with Crippen LogP contribution in [-0.2, 0) is 9.59 Å². The molecule has 1 aliphatic heterocycles. The zero-order valence-corrected chi connectivity index (χ0v) is 9.54. The maximum Gasteiger partial charge on any atom is 0.256 e. The standard InChI is InChI=1S/C12H17NO2/c1-5-8(2)6-7-13-11(14)9(3)10(4)12(13)15/h5,8H,1,6-7H2,2-4H3. The van der Waals surface area contributed by atoms with Gasteiger partial charge in [-0.1, -0.05) is 13.0 Å². The summed E-state index contributed by atoms with van der Waals surface area (Å²) in [5, 5.41) is 0. The lowest BCUT2D eigenvalue weighted by Gasteiger charge is -2.16. The number of carbonyl (C=O) groups excluding carboxylic acids is 2. The van der Waals surface area contributed by atoms with Gasteiger partial charge in [0.1, 0.15) is 0 Å². The van der Waals surface area contributed by atoms with Gasteiger partial charge in [0.2, 0.25) is 0 Å². The number of hydrogen-bond acceptors (Lipinski definition) is 2. The van der Waals surface area contributed by atoms with Crippen LogP contribution >= 0.6 is 0 Å². The van der Waals surface area contributed by atoms with Crippen molar-refractivity contribution in [1.29, 1.82) is 0 Å². The van der Waals surface area contributed by atoms with Crippen molar-refractivity contribution in [1.82, 2.24) is 4.90 Å². The van der Waals surface area contributed by atoms with Gasteiger partial charge in [-0.15, -0.1) is 6.58 Å². The number of imide groups is 1. The van der Waals surface area contributed by atoms with E-state index < -0.39 is 0 Å². The molecule has 0 aromatic rings. The third-order valence-corrected chi connectivity index (χ3v) is 2.90. The van der Waals surface area contributed by atoms with Crippen LogP contribution in [0, 0.1) is 5.92 Å². The summed E-state index contributed by atoms with van der Waals surface area (Å²) < 4.78 is 0. The van der Waals surface area contributed by atoms with Gasteiger partial charge in [0.05, 0.1) is 0 Å². The molecule has 0 saturated heterocycles. The third-order valence-electron chi connectivity index (χ3n) is 2.90. The lowest BCUT2D eigenvalue weighted by Crippen LogP contribution is -2.33. The summed E-state index contributed by atoms with van der Waals surface area (Å²) >= 11 is 0. The minimum Gasteiger partial charge on any atom is -0.275 e. The summed E-state index contributed by atoms with van der Waals surface area (Å²) in [7, 11) is 0. The van der Waals surface area contributed by atoms with Crippen molar-refractivity contribution in [3.05, 3.63) is 23.8 Å². The van der Waals surface area contributed by atoms with Crippen LogP contribution in [0.3, 0.4) is 0 Å². The molecule has 1 rings (SSSR count). The number of nitrogens with zero attached hydrogens (tertiary/aromatic N) is 1. The Morgan fingerprint density at radius 3 is 2.13 bits per heavy atom. The smallest absolute Gasteiger partial charge is 0.256 e. The van der Waals surface area contributed by atoms with E-state index >= 15 is 0 Å². The van der Waals surface area contributed by atoms with E-state index in [0.717, 1.165) is 6.42 Å². The molecular weight excluding hydrogens is 190 g/mol. The van der Waals surface area contributed by atoms with E-state index in [9.17, 15) is 9.59 Å². The lowest BCUT2D eigenvalue weighted by molar-refractivity contribution is -0.137. The zero-order valence-electron chi connectivity index (χ0n) is 9.54. The normalized spacial score (nSPS) is 18.7. The fraction of sp³-hybridized carbons (Fsp3) is 0.500. The Balaban J connectivity index is 2.64. The van der Waals surface area contributed by atoms with Crippen molar-refractivity contribution in [2.24, 2.45) is 5.92 Å². The first-order valence-corrected chi connectivity index (χ1v) is 5.15. The minimum absolute atomic E-state index is 0.145. The second-order valence-corrected chi connectivity index (χ2v) is 4.01. The van der Waals surface area contributed by atoms with Gasteiger partial charge in [0.25, 0.3) is 11.8 Å². The Morgan fingerprint density at radius 1 is 1.27 bits per heavy atom. The Morgan fingerprint density at radius 2 is 1.73 bits per heavy atom. The SMILES string of the molecule is C=CC(C)CCN1C(=O)C(C)=C(C)C1=O. The molecule has 82 valence electrons. The summed E-state index contributed by atoms with van der Waals surface area (Å²) in [4.78, 5) is 24.6. The predicted molar refractivity (Wildman–Crippen MR) is 59.1 cm³/mol. The number of hydrogen-bond donors (Lipinski definition) is 0. The van der Waals surface area contributed by atoms with E-state index in [1.165, 1.54) is 4.90 Å². The molecule has 0 bridgehead atoms. The average molecular weight is 207 g/mol. The van der Waals surface area contributed by atoms with Crippen molar-refractivity contribution < 1.29 is 9.59 Å². The molecule has 0 aromatic carbocycles. The second-order valence-electron chi connectivity index (χ2n) is 4.01. The van der Waals surface area contributed by atoms with Gasteiger partial charge in [0.15, 0.2) is 0 Å². The summed E-state index contributed by atoms with van der Waals surface area (Å²) in [6.07, 6.45) is 2.61. The molecule has 0 radical (unpaired) electrons. The third kappa shape index (κ3) is 2.17. The first kappa shape index (κ1) is 11.7. The van der Waals surface area contributed by atoms with Gasteiger partial charge < -0.3 is 0 Å². The van der Waals surface area contributed by atoms with E-state index in [1.54, 1.807) is 13.8 Å². The molecule has 0 spiro atoms. The number of rotatable bonds is 4. The van der Waals surface area contributed by atoms with E-state index in [0.29, 0.717) is 23.6 Å². The molecule has 0 aliphatic carbocycles. The van der Waals surface area contributed by atoms with E-state index in [-0.39, 0.29) is 11.8 Å². The molecule has 1 heterocycles. The largest absolute Gasteiger partial charge is 0.275 e. The van der Waals surface area contributed by atoms with Crippen LogP contribution in [0.25, 0.3) is 0 Å². The summed E-state index contributed by atoms with van der Waals surface area (Å²) in [6, 6.07) is 0. The topological polar surface area (TPSA) is 37.4 Å². The van der Waals surface area contributed by atoms with Gasteiger partial charge >= 0.3 is 0 Å². The molecule has 1 atom stereocenters. The summed E-state index contributed by atoms with van der Waals surface area (Å²) in [5.41, 5.74) is 1.15. The van der Waals surface area contributed by atoms with Crippen molar-refractivity contribution in [2.45, 2.75) is 27.2 Å². The fourth-order valence-corrected chi connectivity index (χ4v) is 1.47. The van der Waals surface area contributed by atoms with Crippen LogP contribution in [0.4, 0.5) is 0 Å². The zero-order chi connectivity index (χ0) is 11.6. The molecule has 3 heteroatoms. The van der Waals surface area contributed by atoms with Gasteiger partial charge in [-0.3, -0.25) is 14.5 Å². The van der Waals surface area contributed by atoms with Crippen LogP contribution in [0.1, 0.15) is 27.2 Å². The molecule has 3 nitrogen and oxygen atoms in total. The Kier molecular flexibility index (Phi) is 3.45. The first-order valence-electron chi connectivity index (χ1n) is 5.15. The number of amides is 2. The van der Waals surface area contributed by atoms with E-state index in [1.807, 2.05) is 13.0 Å². The Hall–Kier alpha value is -1.38. The van der Waals surface area contributed by atoms with Crippen LogP contribution < -0.4 is 0 Å². The van der Waals surface area contributed by atoms with Crippen molar-refractivity contribution >= 4 is 11.8 Å². The highest BCUT2D eigenvalue weighted by Gasteiger charge is 2.32. The molecule has 0 fully saturated rings. The second kappa shape index (κ2) is 4.43. The predicted octanol–water partition coefficient (Wildman–Crippen LogP) is 1.90. The lowest BCUT2D eigenvalue weighted by atomic mass is 10.1.